The second kappa shape index (κ2) is 7.87. The fourth-order valence-electron chi connectivity index (χ4n) is 4.06. The van der Waals surface area contributed by atoms with Crippen LogP contribution in [0.15, 0.2) is 24.3 Å². The number of hydrogen-bond acceptors (Lipinski definition) is 4. The molecule has 0 spiro atoms. The molecule has 0 saturated carbocycles. The van der Waals surface area contributed by atoms with Crippen molar-refractivity contribution in [3.63, 3.8) is 0 Å². The predicted octanol–water partition coefficient (Wildman–Crippen LogP) is 4.34. The van der Waals surface area contributed by atoms with E-state index in [1.807, 2.05) is 25.7 Å². The number of hydrogen-bond donors (Lipinski definition) is 0. The second-order valence-corrected chi connectivity index (χ2v) is 8.46. The summed E-state index contributed by atoms with van der Waals surface area (Å²) in [6.45, 7) is 5.88. The molecule has 0 radical (unpaired) electrons. The molecule has 1 amide bonds. The van der Waals surface area contributed by atoms with Crippen molar-refractivity contribution in [2.45, 2.75) is 70.6 Å². The minimum absolute atomic E-state index is 0.0296. The van der Waals surface area contributed by atoms with Crippen LogP contribution in [0, 0.1) is 11.7 Å². The van der Waals surface area contributed by atoms with Crippen molar-refractivity contribution in [2.24, 2.45) is 5.92 Å². The number of ether oxygens (including phenoxy) is 2. The van der Waals surface area contributed by atoms with Crippen LogP contribution in [-0.2, 0) is 9.53 Å². The van der Waals surface area contributed by atoms with E-state index in [9.17, 15) is 14.0 Å². The first-order valence-corrected chi connectivity index (χ1v) is 9.65. The third kappa shape index (κ3) is 4.99. The van der Waals surface area contributed by atoms with Gasteiger partial charge in [0.2, 0.25) is 0 Å². The summed E-state index contributed by atoms with van der Waals surface area (Å²) in [7, 11) is 0. The molecule has 0 N–H and O–H groups in total. The Morgan fingerprint density at radius 3 is 2.26 bits per heavy atom. The Balaban J connectivity index is 1.49. The highest BCUT2D eigenvalue weighted by Crippen LogP contribution is 2.40. The highest BCUT2D eigenvalue weighted by atomic mass is 19.1. The molecule has 0 aliphatic carbocycles. The van der Waals surface area contributed by atoms with E-state index in [2.05, 4.69) is 0 Å². The highest BCUT2D eigenvalue weighted by molar-refractivity contribution is 5.82. The van der Waals surface area contributed by atoms with E-state index >= 15 is 0 Å². The number of carbonyl (C=O) groups excluding carboxylic acids is 2. The van der Waals surface area contributed by atoms with Crippen molar-refractivity contribution in [1.29, 1.82) is 0 Å². The lowest BCUT2D eigenvalue weighted by molar-refractivity contribution is -0.125. The number of Topliss-reactive ketones (excluding diaryl/α,β-unsaturated/α-hetero) is 1. The minimum atomic E-state index is -0.513. The third-order valence-electron chi connectivity index (χ3n) is 5.22. The van der Waals surface area contributed by atoms with Crippen molar-refractivity contribution in [2.75, 3.05) is 6.61 Å². The van der Waals surface area contributed by atoms with Crippen LogP contribution in [0.2, 0.25) is 0 Å². The monoisotopic (exact) mass is 377 g/mol. The highest BCUT2D eigenvalue weighted by Gasteiger charge is 2.46. The first-order valence-electron chi connectivity index (χ1n) is 9.65. The van der Waals surface area contributed by atoms with Crippen LogP contribution in [0.3, 0.4) is 0 Å². The zero-order chi connectivity index (χ0) is 19.6. The summed E-state index contributed by atoms with van der Waals surface area (Å²) in [6, 6.07) is 5.96. The summed E-state index contributed by atoms with van der Waals surface area (Å²) >= 11 is 0. The number of fused-ring (bicyclic) bond motifs is 2. The number of piperidine rings is 1. The predicted molar refractivity (Wildman–Crippen MR) is 99.1 cm³/mol. The maximum absolute atomic E-state index is 12.9. The lowest BCUT2D eigenvalue weighted by Gasteiger charge is -2.39. The van der Waals surface area contributed by atoms with E-state index in [0.29, 0.717) is 25.0 Å². The summed E-state index contributed by atoms with van der Waals surface area (Å²) in [5.41, 5.74) is -0.513. The summed E-state index contributed by atoms with van der Waals surface area (Å²) < 4.78 is 24.0. The fraction of sp³-hybridized carbons (Fsp3) is 0.619. The Labute approximate surface area is 159 Å². The molecule has 6 heteroatoms. The van der Waals surface area contributed by atoms with Crippen LogP contribution < -0.4 is 4.74 Å². The molecule has 2 atom stereocenters. The number of rotatable bonds is 5. The number of carbonyl (C=O) groups is 2. The van der Waals surface area contributed by atoms with Gasteiger partial charge < -0.3 is 14.4 Å². The molecule has 3 rings (SSSR count). The molecule has 2 fully saturated rings. The van der Waals surface area contributed by atoms with Gasteiger partial charge in [-0.25, -0.2) is 9.18 Å². The molecule has 2 aliphatic heterocycles. The van der Waals surface area contributed by atoms with Gasteiger partial charge in [0, 0.05) is 24.4 Å². The minimum Gasteiger partial charge on any atom is -0.493 e. The summed E-state index contributed by atoms with van der Waals surface area (Å²) in [5, 5.41) is 0. The Morgan fingerprint density at radius 2 is 1.70 bits per heavy atom. The average molecular weight is 377 g/mol. The summed E-state index contributed by atoms with van der Waals surface area (Å²) in [4.78, 5) is 26.9. The zero-order valence-electron chi connectivity index (χ0n) is 16.2. The Hall–Kier alpha value is -2.11. The number of halogens is 1. The molecule has 0 aromatic heterocycles. The van der Waals surface area contributed by atoms with E-state index in [4.69, 9.17) is 9.47 Å². The lowest BCUT2D eigenvalue weighted by atomic mass is 9.86. The van der Waals surface area contributed by atoms with Gasteiger partial charge in [-0.1, -0.05) is 0 Å². The molecule has 2 unspecified atom stereocenters. The van der Waals surface area contributed by atoms with E-state index < -0.39 is 5.60 Å². The fourth-order valence-corrected chi connectivity index (χ4v) is 4.06. The van der Waals surface area contributed by atoms with Gasteiger partial charge in [-0.3, -0.25) is 4.79 Å². The van der Waals surface area contributed by atoms with Gasteiger partial charge >= 0.3 is 6.09 Å². The van der Waals surface area contributed by atoms with Crippen molar-refractivity contribution in [1.82, 2.24) is 4.90 Å². The van der Waals surface area contributed by atoms with Crippen LogP contribution >= 0.6 is 0 Å². The average Bonchev–Trinajstić information content (AvgIpc) is 2.85. The van der Waals surface area contributed by atoms with Gasteiger partial charge in [0.25, 0.3) is 0 Å². The van der Waals surface area contributed by atoms with Crippen LogP contribution in [0.5, 0.6) is 5.75 Å². The SMILES string of the molecule is CC(C)(C)OC(=O)N1C2CCC1CC(C(=O)CCOc1ccc(F)cc1)C2. The van der Waals surface area contributed by atoms with E-state index in [0.717, 1.165) is 12.8 Å². The van der Waals surface area contributed by atoms with Crippen molar-refractivity contribution < 1.29 is 23.5 Å². The Kier molecular flexibility index (Phi) is 5.72. The number of nitrogens with zero attached hydrogens (tertiary/aromatic N) is 1. The van der Waals surface area contributed by atoms with Gasteiger partial charge in [-0.15, -0.1) is 0 Å². The number of amides is 1. The summed E-state index contributed by atoms with van der Waals surface area (Å²) in [6.07, 6.45) is 3.32. The van der Waals surface area contributed by atoms with Gasteiger partial charge in [0.05, 0.1) is 6.61 Å². The lowest BCUT2D eigenvalue weighted by Crippen LogP contribution is -2.49. The molecular weight excluding hydrogens is 349 g/mol. The Bertz CT molecular complexity index is 668. The first kappa shape index (κ1) is 19.6. The maximum Gasteiger partial charge on any atom is 0.410 e. The smallest absolute Gasteiger partial charge is 0.410 e. The molecular formula is C21H28FNO4. The third-order valence-corrected chi connectivity index (χ3v) is 5.22. The molecule has 2 saturated heterocycles. The molecule has 27 heavy (non-hydrogen) atoms. The standard InChI is InChI=1S/C21H28FNO4/c1-21(2,3)27-20(25)23-16-6-7-17(23)13-14(12-16)19(24)10-11-26-18-8-4-15(22)5-9-18/h4-5,8-9,14,16-17H,6-7,10-13H2,1-3H3. The van der Waals surface area contributed by atoms with Crippen LogP contribution in [-0.4, -0.2) is 41.1 Å². The molecule has 1 aromatic rings. The van der Waals surface area contributed by atoms with Crippen molar-refractivity contribution >= 4 is 11.9 Å². The number of benzene rings is 1. The van der Waals surface area contributed by atoms with E-state index in [1.165, 1.54) is 12.1 Å². The van der Waals surface area contributed by atoms with Gasteiger partial charge in [0.1, 0.15) is 23.0 Å². The first-order chi connectivity index (χ1) is 12.7. The van der Waals surface area contributed by atoms with Gasteiger partial charge in [-0.2, -0.15) is 0 Å². The van der Waals surface area contributed by atoms with Crippen LogP contribution in [0.4, 0.5) is 9.18 Å². The quantitative estimate of drug-likeness (QED) is 0.766. The Morgan fingerprint density at radius 1 is 1.11 bits per heavy atom. The van der Waals surface area contributed by atoms with Crippen LogP contribution in [0.25, 0.3) is 0 Å². The molecule has 1 aromatic carbocycles. The van der Waals surface area contributed by atoms with E-state index in [-0.39, 0.29) is 42.3 Å². The molecule has 5 nitrogen and oxygen atoms in total. The zero-order valence-corrected chi connectivity index (χ0v) is 16.2. The second-order valence-electron chi connectivity index (χ2n) is 8.46. The number of ketones is 1. The van der Waals surface area contributed by atoms with Crippen molar-refractivity contribution in [3.05, 3.63) is 30.1 Å². The van der Waals surface area contributed by atoms with Gasteiger partial charge in [-0.05, 0) is 70.7 Å². The topological polar surface area (TPSA) is 55.8 Å². The summed E-state index contributed by atoms with van der Waals surface area (Å²) in [5.74, 6) is 0.394. The molecule has 2 heterocycles. The molecule has 148 valence electrons. The van der Waals surface area contributed by atoms with Crippen molar-refractivity contribution in [3.8, 4) is 5.75 Å². The largest absolute Gasteiger partial charge is 0.493 e. The van der Waals surface area contributed by atoms with Crippen LogP contribution in [0.1, 0.15) is 52.9 Å². The maximum atomic E-state index is 12.9. The van der Waals surface area contributed by atoms with Gasteiger partial charge in [0.15, 0.2) is 0 Å². The van der Waals surface area contributed by atoms with E-state index in [1.54, 1.807) is 12.1 Å². The normalized spacial score (nSPS) is 24.6. The molecule has 2 bridgehead atoms. The molecule has 2 aliphatic rings.